The Kier molecular flexibility index (Phi) is 11.0. The second-order valence-electron chi connectivity index (χ2n) is 8.06. The summed E-state index contributed by atoms with van der Waals surface area (Å²) in [5, 5.41) is 6.72. The number of carbonyl (C=O) groups excluding carboxylic acids is 1. The first-order chi connectivity index (χ1) is 17.4. The number of ether oxygens (including phenoxy) is 1. The minimum absolute atomic E-state index is 0.0729. The molecular weight excluding hydrogens is 617 g/mol. The van der Waals surface area contributed by atoms with Gasteiger partial charge in [0.25, 0.3) is 5.91 Å². The molecule has 0 aromatic carbocycles. The van der Waals surface area contributed by atoms with Crippen LogP contribution in [0.2, 0.25) is 0 Å². The van der Waals surface area contributed by atoms with Crippen LogP contribution in [0.1, 0.15) is 38.5 Å². The van der Waals surface area contributed by atoms with Crippen LogP contribution in [-0.2, 0) is 33.4 Å². The van der Waals surface area contributed by atoms with Crippen molar-refractivity contribution in [3.63, 3.8) is 0 Å². The molecule has 2 bridgehead atoms. The van der Waals surface area contributed by atoms with Gasteiger partial charge in [0.05, 0.1) is 17.1 Å². The first-order valence-corrected chi connectivity index (χ1v) is 14.6. The van der Waals surface area contributed by atoms with E-state index < -0.39 is 31.3 Å². The van der Waals surface area contributed by atoms with E-state index in [1.807, 2.05) is 3.63 Å². The Morgan fingerprint density at radius 3 is 1.97 bits per heavy atom. The Hall–Kier alpha value is -1.53. The molecule has 0 saturated carbocycles. The smallest absolute Gasteiger partial charge is 0.484 e. The van der Waals surface area contributed by atoms with Crippen LogP contribution in [-0.4, -0.2) is 57.3 Å². The topological polar surface area (TPSA) is 128 Å². The summed E-state index contributed by atoms with van der Waals surface area (Å²) in [7, 11) is -13.7. The summed E-state index contributed by atoms with van der Waals surface area (Å²) in [6.07, 6.45) is 13.5. The summed E-state index contributed by atoms with van der Waals surface area (Å²) in [4.78, 5) is 11.5. The number of rotatable bonds is 2. The van der Waals surface area contributed by atoms with Crippen molar-refractivity contribution in [1.82, 2.24) is 10.6 Å². The average Bonchev–Trinajstić information content (AvgIpc) is 3.27. The lowest BCUT2D eigenvalue weighted by molar-refractivity contribution is -0.115. The fraction of sp³-hybridized carbons (Fsp3) is 0.632. The SMILES string of the molecule is ClCCl.O=C1C=C2OC3CCCCCCC4C=C3C(C=C2N1)N4.O=S(=O)(OS(=O)(=O)C(F)(F)F)C(F)(F)F. The third-order valence-corrected chi connectivity index (χ3v) is 7.95. The average molecular weight is 639 g/mol. The molecule has 218 valence electrons. The second kappa shape index (κ2) is 12.8. The quantitative estimate of drug-likeness (QED) is 0.201. The number of nitrogens with one attached hydrogen (secondary N) is 2. The highest BCUT2D eigenvalue weighted by atomic mass is 35.5. The van der Waals surface area contributed by atoms with E-state index in [9.17, 15) is 48.0 Å². The number of carbonyl (C=O) groups is 1. The number of amides is 1. The van der Waals surface area contributed by atoms with Gasteiger partial charge >= 0.3 is 31.3 Å². The molecule has 38 heavy (non-hydrogen) atoms. The summed E-state index contributed by atoms with van der Waals surface area (Å²) < 4.78 is 116. The Bertz CT molecular complexity index is 1140. The number of alkyl halides is 8. The molecule has 3 unspecified atom stereocenters. The van der Waals surface area contributed by atoms with Gasteiger partial charge in [0, 0.05) is 12.1 Å². The minimum Gasteiger partial charge on any atom is -0.484 e. The molecule has 4 rings (SSSR count). The zero-order valence-corrected chi connectivity index (χ0v) is 22.3. The van der Waals surface area contributed by atoms with E-state index in [-0.39, 0.29) is 23.4 Å². The van der Waals surface area contributed by atoms with Crippen molar-refractivity contribution >= 4 is 49.3 Å². The van der Waals surface area contributed by atoms with E-state index in [0.717, 1.165) is 12.1 Å². The predicted octanol–water partition coefficient (Wildman–Crippen LogP) is 4.03. The van der Waals surface area contributed by atoms with E-state index in [0.29, 0.717) is 11.8 Å². The lowest BCUT2D eigenvalue weighted by atomic mass is 9.96. The molecular formula is C19H22Cl2F6N2O7S2. The van der Waals surface area contributed by atoms with Gasteiger partial charge in [-0.25, -0.2) is 0 Å². The highest BCUT2D eigenvalue weighted by Crippen LogP contribution is 2.35. The third kappa shape index (κ3) is 8.48. The van der Waals surface area contributed by atoms with Gasteiger partial charge in [-0.15, -0.1) is 26.8 Å². The highest BCUT2D eigenvalue weighted by molar-refractivity contribution is 8.00. The Morgan fingerprint density at radius 2 is 1.45 bits per heavy atom. The normalized spacial score (nSPS) is 25.4. The molecule has 0 spiro atoms. The Morgan fingerprint density at radius 1 is 0.921 bits per heavy atom. The highest BCUT2D eigenvalue weighted by Gasteiger charge is 2.57. The molecule has 0 fully saturated rings. The van der Waals surface area contributed by atoms with Gasteiger partial charge in [-0.3, -0.25) is 4.79 Å². The maximum atomic E-state index is 11.5. The second-order valence-corrected chi connectivity index (χ2v) is 12.2. The summed E-state index contributed by atoms with van der Waals surface area (Å²) in [5.41, 5.74) is -10.3. The van der Waals surface area contributed by atoms with Crippen LogP contribution in [0.25, 0.3) is 0 Å². The third-order valence-electron chi connectivity index (χ3n) is 5.38. The van der Waals surface area contributed by atoms with Crippen LogP contribution in [0.4, 0.5) is 26.3 Å². The molecule has 0 saturated heterocycles. The molecule has 1 amide bonds. The van der Waals surface area contributed by atoms with E-state index in [1.165, 1.54) is 37.7 Å². The van der Waals surface area contributed by atoms with Crippen molar-refractivity contribution in [2.75, 3.05) is 5.34 Å². The number of hydrogen-bond acceptors (Lipinski definition) is 8. The fourth-order valence-electron chi connectivity index (χ4n) is 3.83. The molecule has 0 aromatic heterocycles. The van der Waals surface area contributed by atoms with Gasteiger partial charge in [-0.05, 0) is 30.9 Å². The van der Waals surface area contributed by atoms with Crippen LogP contribution >= 0.6 is 23.2 Å². The number of halogens is 8. The molecule has 3 aliphatic heterocycles. The minimum atomic E-state index is -6.85. The van der Waals surface area contributed by atoms with Crippen LogP contribution in [0.3, 0.4) is 0 Å². The van der Waals surface area contributed by atoms with Crippen LogP contribution < -0.4 is 10.6 Å². The zero-order valence-electron chi connectivity index (χ0n) is 19.1. The van der Waals surface area contributed by atoms with Crippen molar-refractivity contribution in [2.24, 2.45) is 0 Å². The lowest BCUT2D eigenvalue weighted by Gasteiger charge is -2.21. The molecule has 2 N–H and O–H groups in total. The number of fused-ring (bicyclic) bond motifs is 2. The van der Waals surface area contributed by atoms with Gasteiger partial charge < -0.3 is 15.4 Å². The summed E-state index contributed by atoms with van der Waals surface area (Å²) in [6, 6.07) is 0.668. The molecule has 9 nitrogen and oxygen atoms in total. The predicted molar refractivity (Wildman–Crippen MR) is 123 cm³/mol. The maximum absolute atomic E-state index is 11.5. The summed E-state index contributed by atoms with van der Waals surface area (Å²) >= 11 is 9.53. The molecule has 4 aliphatic rings. The van der Waals surface area contributed by atoms with E-state index in [2.05, 4.69) is 22.8 Å². The van der Waals surface area contributed by atoms with Crippen molar-refractivity contribution in [3.8, 4) is 0 Å². The maximum Gasteiger partial charge on any atom is 0.524 e. The van der Waals surface area contributed by atoms with Gasteiger partial charge in [0.1, 0.15) is 11.9 Å². The Labute approximate surface area is 224 Å². The molecule has 0 aromatic rings. The first-order valence-electron chi connectivity index (χ1n) is 10.8. The van der Waals surface area contributed by atoms with E-state index in [4.69, 9.17) is 27.9 Å². The summed E-state index contributed by atoms with van der Waals surface area (Å²) in [5.74, 6) is 0.641. The van der Waals surface area contributed by atoms with E-state index >= 15 is 0 Å². The van der Waals surface area contributed by atoms with E-state index in [1.54, 1.807) is 6.08 Å². The van der Waals surface area contributed by atoms with Crippen LogP contribution in [0, 0.1) is 0 Å². The standard InChI is InChI=1S/C16H20N2O2.C2F6O5S2.CH2Cl2/c19-16-9-15-13(18-16)8-12-11-7-10(17-12)5-3-1-2-4-6-14(11)20-15;3-1(4,5)14(9,10)13-15(11,12)2(6,7)8;2-1-3/h7-10,12,14,17H,1-6H2,(H,18,19);;1H2. The summed E-state index contributed by atoms with van der Waals surface area (Å²) in [6.45, 7) is 0. The molecule has 3 heterocycles. The van der Waals surface area contributed by atoms with Gasteiger partial charge in [0.2, 0.25) is 0 Å². The van der Waals surface area contributed by atoms with Crippen molar-refractivity contribution in [1.29, 1.82) is 0 Å². The molecule has 3 atom stereocenters. The first kappa shape index (κ1) is 32.7. The zero-order chi connectivity index (χ0) is 28.9. The van der Waals surface area contributed by atoms with Crippen molar-refractivity contribution in [2.45, 2.75) is 67.7 Å². The van der Waals surface area contributed by atoms with Gasteiger partial charge in [0.15, 0.2) is 0 Å². The monoisotopic (exact) mass is 638 g/mol. The van der Waals surface area contributed by atoms with Gasteiger partial charge in [-0.2, -0.15) is 43.2 Å². The van der Waals surface area contributed by atoms with Crippen molar-refractivity contribution < 1.29 is 56.3 Å². The molecule has 1 aliphatic carbocycles. The van der Waals surface area contributed by atoms with Gasteiger partial charge in [-0.1, -0.05) is 25.3 Å². The lowest BCUT2D eigenvalue weighted by Crippen LogP contribution is -2.34. The van der Waals surface area contributed by atoms with Crippen LogP contribution in [0.15, 0.2) is 35.3 Å². The molecule has 0 radical (unpaired) electrons. The largest absolute Gasteiger partial charge is 0.524 e. The molecule has 19 heteroatoms. The fourth-order valence-corrected chi connectivity index (χ4v) is 5.39. The Balaban J connectivity index is 0.000000253. The number of hydrogen-bond donors (Lipinski definition) is 2. The van der Waals surface area contributed by atoms with Crippen molar-refractivity contribution in [3.05, 3.63) is 35.3 Å². The van der Waals surface area contributed by atoms with Crippen LogP contribution in [0.5, 0.6) is 0 Å².